The van der Waals surface area contributed by atoms with Crippen molar-refractivity contribution in [2.45, 2.75) is 0 Å². The van der Waals surface area contributed by atoms with Crippen LogP contribution in [0.3, 0.4) is 0 Å². The molecule has 6 aromatic carbocycles. The van der Waals surface area contributed by atoms with Crippen LogP contribution in [0.15, 0.2) is 116 Å². The Morgan fingerprint density at radius 1 is 0.350 bits per heavy atom. The van der Waals surface area contributed by atoms with Crippen LogP contribution in [0.5, 0.6) is 0 Å². The van der Waals surface area contributed by atoms with Gasteiger partial charge in [-0.2, -0.15) is 0 Å². The summed E-state index contributed by atoms with van der Waals surface area (Å²) < 4.78 is 22.2. The van der Waals surface area contributed by atoms with E-state index in [1.54, 1.807) is 0 Å². The summed E-state index contributed by atoms with van der Waals surface area (Å²) in [5.74, 6) is 0. The van der Waals surface area contributed by atoms with Gasteiger partial charge in [0, 0.05) is 48.5 Å². The highest BCUT2D eigenvalue weighted by molar-refractivity contribution is 6.37. The van der Waals surface area contributed by atoms with Gasteiger partial charge in [-0.1, -0.05) is 66.7 Å². The first-order chi connectivity index (χ1) is 19.8. The third-order valence-corrected chi connectivity index (χ3v) is 8.91. The predicted molar refractivity (Wildman–Crippen MR) is 163 cm³/mol. The van der Waals surface area contributed by atoms with Crippen LogP contribution in [0.4, 0.5) is 0 Å². The Balaban J connectivity index is 1.52. The highest BCUT2D eigenvalue weighted by atomic mass is 16.3. The maximum atomic E-state index is 6.64. The van der Waals surface area contributed by atoms with Gasteiger partial charge in [-0.05, 0) is 36.4 Å². The van der Waals surface area contributed by atoms with Gasteiger partial charge in [0.2, 0.25) is 0 Å². The third-order valence-electron chi connectivity index (χ3n) is 8.91. The second kappa shape index (κ2) is 6.38. The van der Waals surface area contributed by atoms with Crippen molar-refractivity contribution in [3.8, 4) is 0 Å². The Labute approximate surface area is 224 Å². The molecule has 184 valence electrons. The van der Waals surface area contributed by atoms with Crippen LogP contribution >= 0.6 is 0 Å². The molecule has 0 bridgehead atoms. The summed E-state index contributed by atoms with van der Waals surface area (Å²) in [6, 6.07) is 36.0. The van der Waals surface area contributed by atoms with Crippen molar-refractivity contribution in [2.75, 3.05) is 0 Å². The molecule has 40 heavy (non-hydrogen) atoms. The van der Waals surface area contributed by atoms with Gasteiger partial charge in [-0.25, -0.2) is 0 Å². The zero-order chi connectivity index (χ0) is 25.7. The lowest BCUT2D eigenvalue weighted by atomic mass is 10.0. The largest absolute Gasteiger partial charge is 0.455 e. The Kier molecular flexibility index (Phi) is 3.12. The average molecular weight is 512 g/mol. The van der Waals surface area contributed by atoms with Crippen LogP contribution in [0.25, 0.3) is 104 Å². The summed E-state index contributed by atoms with van der Waals surface area (Å²) in [5, 5.41) is 11.3. The summed E-state index contributed by atoms with van der Waals surface area (Å²) in [5.41, 5.74) is 8.61. The lowest BCUT2D eigenvalue weighted by molar-refractivity contribution is 0.670. The highest BCUT2D eigenvalue weighted by Gasteiger charge is 2.27. The molecule has 4 nitrogen and oxygen atoms in total. The van der Waals surface area contributed by atoms with Crippen LogP contribution in [0.2, 0.25) is 0 Å². The Morgan fingerprint density at radius 3 is 1.45 bits per heavy atom. The number of aromatic nitrogens is 1. The fraction of sp³-hybridized carbons (Fsp3) is 0. The standard InChI is InChI=1S/C36H17NO3/c1-4-10-27-18(7-1)22-14-13-21-25-17-26-20-9-3-6-12-29(20)38-34(26)30-24-16-15-23-19-8-2-5-11-28(19)40-36(23)33(24)37(31(25)30)32(21)35(22)39-27/h1-17H. The van der Waals surface area contributed by atoms with E-state index in [4.69, 9.17) is 13.3 Å². The molecule has 0 N–H and O–H groups in total. The number of fused-ring (bicyclic) bond motifs is 18. The van der Waals surface area contributed by atoms with E-state index in [0.717, 1.165) is 98.5 Å². The number of benzene rings is 6. The van der Waals surface area contributed by atoms with Crippen LogP contribution in [-0.2, 0) is 0 Å². The number of rotatable bonds is 0. The summed E-state index contributed by atoms with van der Waals surface area (Å²) >= 11 is 0. The van der Waals surface area contributed by atoms with Crippen molar-refractivity contribution in [3.05, 3.63) is 103 Å². The maximum absolute atomic E-state index is 6.64. The summed E-state index contributed by atoms with van der Waals surface area (Å²) in [7, 11) is 0. The number of furan rings is 3. The van der Waals surface area contributed by atoms with E-state index >= 15 is 0 Å². The van der Waals surface area contributed by atoms with Gasteiger partial charge in [0.1, 0.15) is 22.3 Å². The van der Waals surface area contributed by atoms with Crippen molar-refractivity contribution in [3.63, 3.8) is 0 Å². The molecule has 4 heteroatoms. The van der Waals surface area contributed by atoms with Gasteiger partial charge in [-0.15, -0.1) is 0 Å². The van der Waals surface area contributed by atoms with E-state index in [9.17, 15) is 0 Å². The molecule has 0 aliphatic carbocycles. The summed E-state index contributed by atoms with van der Waals surface area (Å²) in [6.45, 7) is 0. The second-order valence-corrected chi connectivity index (χ2v) is 10.8. The van der Waals surface area contributed by atoms with Crippen molar-refractivity contribution in [1.29, 1.82) is 0 Å². The molecule has 0 unspecified atom stereocenters. The molecular formula is C36H17NO3. The van der Waals surface area contributed by atoms with Crippen LogP contribution in [0, 0.1) is 0 Å². The molecule has 5 aromatic heterocycles. The smallest absolute Gasteiger partial charge is 0.160 e. The highest BCUT2D eigenvalue weighted by Crippen LogP contribution is 2.49. The molecule has 0 atom stereocenters. The minimum Gasteiger partial charge on any atom is -0.455 e. The molecule has 0 fully saturated rings. The Morgan fingerprint density at radius 2 is 0.825 bits per heavy atom. The fourth-order valence-electron chi connectivity index (χ4n) is 7.28. The maximum Gasteiger partial charge on any atom is 0.160 e. The van der Waals surface area contributed by atoms with Crippen molar-refractivity contribution >= 4 is 104 Å². The minimum atomic E-state index is 0.881. The zero-order valence-corrected chi connectivity index (χ0v) is 21.0. The van der Waals surface area contributed by atoms with E-state index in [2.05, 4.69) is 77.2 Å². The van der Waals surface area contributed by atoms with Gasteiger partial charge < -0.3 is 17.7 Å². The summed E-state index contributed by atoms with van der Waals surface area (Å²) in [6.07, 6.45) is 0. The Hall–Kier alpha value is -5.48. The molecule has 0 saturated heterocycles. The quantitative estimate of drug-likeness (QED) is 0.203. The van der Waals surface area contributed by atoms with Crippen LogP contribution in [-0.4, -0.2) is 4.40 Å². The first-order valence-electron chi connectivity index (χ1n) is 13.5. The van der Waals surface area contributed by atoms with Gasteiger partial charge in [0.05, 0.1) is 21.9 Å². The van der Waals surface area contributed by atoms with E-state index < -0.39 is 0 Å². The lowest BCUT2D eigenvalue weighted by Gasteiger charge is -2.00. The van der Waals surface area contributed by atoms with E-state index in [1.807, 2.05) is 30.3 Å². The third kappa shape index (κ3) is 2.05. The number of para-hydroxylation sites is 3. The Bertz CT molecular complexity index is 2870. The first-order valence-corrected chi connectivity index (χ1v) is 13.5. The number of nitrogens with zero attached hydrogens (tertiary/aromatic N) is 1. The topological polar surface area (TPSA) is 43.8 Å². The molecular weight excluding hydrogens is 494 g/mol. The fourth-order valence-corrected chi connectivity index (χ4v) is 7.28. The van der Waals surface area contributed by atoms with Crippen molar-refractivity contribution in [1.82, 2.24) is 4.40 Å². The van der Waals surface area contributed by atoms with Gasteiger partial charge in [-0.3, -0.25) is 0 Å². The summed E-state index contributed by atoms with van der Waals surface area (Å²) in [4.78, 5) is 0. The molecule has 11 rings (SSSR count). The van der Waals surface area contributed by atoms with Gasteiger partial charge >= 0.3 is 0 Å². The molecule has 5 heterocycles. The second-order valence-electron chi connectivity index (χ2n) is 10.8. The van der Waals surface area contributed by atoms with Crippen LogP contribution in [0.1, 0.15) is 0 Å². The number of hydrogen-bond donors (Lipinski definition) is 0. The molecule has 0 saturated carbocycles. The van der Waals surface area contributed by atoms with Crippen LogP contribution < -0.4 is 0 Å². The van der Waals surface area contributed by atoms with E-state index in [1.165, 1.54) is 5.39 Å². The molecule has 0 aliphatic heterocycles. The number of hydrogen-bond acceptors (Lipinski definition) is 3. The minimum absolute atomic E-state index is 0.881. The normalized spacial score (nSPS) is 13.0. The monoisotopic (exact) mass is 511 g/mol. The SMILES string of the molecule is c1ccc2c(c1)oc1c2cc2c3ccc4c5ccccc5oc4c3n3c4c(ccc5c6ccccc6oc54)c1c23. The predicted octanol–water partition coefficient (Wildman–Crippen LogP) is 10.5. The van der Waals surface area contributed by atoms with Crippen molar-refractivity contribution < 1.29 is 13.3 Å². The zero-order valence-electron chi connectivity index (χ0n) is 21.0. The molecule has 0 aliphatic rings. The van der Waals surface area contributed by atoms with Gasteiger partial charge in [0.15, 0.2) is 11.2 Å². The lowest BCUT2D eigenvalue weighted by Crippen LogP contribution is -1.82. The van der Waals surface area contributed by atoms with Gasteiger partial charge in [0.25, 0.3) is 0 Å². The van der Waals surface area contributed by atoms with Crippen molar-refractivity contribution in [2.24, 2.45) is 0 Å². The molecule has 0 amide bonds. The van der Waals surface area contributed by atoms with E-state index in [0.29, 0.717) is 0 Å². The molecule has 0 spiro atoms. The molecule has 11 aromatic rings. The average Bonchev–Trinajstić information content (AvgIpc) is 3.78. The molecule has 0 radical (unpaired) electrons. The first kappa shape index (κ1) is 19.6. The van der Waals surface area contributed by atoms with E-state index in [-0.39, 0.29) is 0 Å².